The zero-order valence-electron chi connectivity index (χ0n) is 12.9. The van der Waals surface area contributed by atoms with Crippen LogP contribution in [0.5, 0.6) is 0 Å². The molecule has 1 heterocycles. The predicted octanol–water partition coefficient (Wildman–Crippen LogP) is 3.00. The monoisotopic (exact) mass is 278 g/mol. The molecule has 1 aromatic heterocycles. The first-order chi connectivity index (χ1) is 9.61. The van der Waals surface area contributed by atoms with Crippen molar-refractivity contribution in [1.29, 1.82) is 0 Å². The molecule has 0 radical (unpaired) electrons. The van der Waals surface area contributed by atoms with Gasteiger partial charge in [0.25, 0.3) is 0 Å². The normalized spacial score (nSPS) is 26.6. The highest BCUT2D eigenvalue weighted by molar-refractivity contribution is 5.88. The second kappa shape index (κ2) is 6.53. The number of imidazole rings is 1. The van der Waals surface area contributed by atoms with Gasteiger partial charge >= 0.3 is 0 Å². The van der Waals surface area contributed by atoms with Crippen molar-refractivity contribution in [3.8, 4) is 0 Å². The number of hydrogen-bond acceptors (Lipinski definition) is 3. The summed E-state index contributed by atoms with van der Waals surface area (Å²) in [6.07, 6.45) is 9.00. The van der Waals surface area contributed by atoms with Gasteiger partial charge in [0.1, 0.15) is 11.4 Å². The number of rotatable bonds is 6. The molecule has 0 unspecified atom stereocenters. The summed E-state index contributed by atoms with van der Waals surface area (Å²) in [5.74, 6) is 1.76. The van der Waals surface area contributed by atoms with Gasteiger partial charge < -0.3 is 9.30 Å². The van der Waals surface area contributed by atoms with Crippen molar-refractivity contribution < 1.29 is 9.53 Å². The molecule has 0 aliphatic heterocycles. The molecule has 0 bridgehead atoms. The van der Waals surface area contributed by atoms with Crippen LogP contribution in [0.1, 0.15) is 51.8 Å². The first-order valence-electron chi connectivity index (χ1n) is 7.69. The molecule has 0 amide bonds. The van der Waals surface area contributed by atoms with Crippen LogP contribution in [-0.2, 0) is 22.5 Å². The van der Waals surface area contributed by atoms with E-state index in [0.29, 0.717) is 12.3 Å². The Morgan fingerprint density at radius 1 is 1.50 bits per heavy atom. The number of methoxy groups -OCH3 is 1. The molecule has 1 saturated carbocycles. The zero-order chi connectivity index (χ0) is 14.6. The van der Waals surface area contributed by atoms with Gasteiger partial charge in [0.15, 0.2) is 5.78 Å². The van der Waals surface area contributed by atoms with Crippen LogP contribution in [0.2, 0.25) is 0 Å². The molecular weight excluding hydrogens is 252 g/mol. The number of ether oxygens (including phenoxy) is 1. The second-order valence-corrected chi connectivity index (χ2v) is 6.02. The van der Waals surface area contributed by atoms with E-state index in [4.69, 9.17) is 4.74 Å². The van der Waals surface area contributed by atoms with Crippen molar-refractivity contribution in [2.75, 3.05) is 7.11 Å². The maximum Gasteiger partial charge on any atom is 0.172 e. The summed E-state index contributed by atoms with van der Waals surface area (Å²) in [4.78, 5) is 17.0. The largest absolute Gasteiger partial charge is 0.370 e. The number of carbonyl (C=O) groups excluding carboxylic acids is 1. The zero-order valence-corrected chi connectivity index (χ0v) is 12.9. The van der Waals surface area contributed by atoms with Crippen LogP contribution < -0.4 is 0 Å². The Hall–Kier alpha value is -1.16. The van der Waals surface area contributed by atoms with E-state index in [-0.39, 0.29) is 5.78 Å². The van der Waals surface area contributed by atoms with Crippen molar-refractivity contribution in [2.24, 2.45) is 5.92 Å². The van der Waals surface area contributed by atoms with Gasteiger partial charge in [0.05, 0.1) is 6.42 Å². The molecule has 20 heavy (non-hydrogen) atoms. The lowest BCUT2D eigenvalue weighted by Gasteiger charge is -2.36. The lowest BCUT2D eigenvalue weighted by Crippen LogP contribution is -2.45. The first-order valence-corrected chi connectivity index (χ1v) is 7.69. The van der Waals surface area contributed by atoms with Gasteiger partial charge in [-0.2, -0.15) is 0 Å². The molecule has 1 aliphatic carbocycles. The van der Waals surface area contributed by atoms with Gasteiger partial charge in [-0.25, -0.2) is 4.98 Å². The summed E-state index contributed by atoms with van der Waals surface area (Å²) in [7, 11) is 1.67. The summed E-state index contributed by atoms with van der Waals surface area (Å²) in [5.41, 5.74) is -0.574. The van der Waals surface area contributed by atoms with Crippen LogP contribution in [0.3, 0.4) is 0 Å². The molecule has 112 valence electrons. The van der Waals surface area contributed by atoms with Crippen molar-refractivity contribution in [2.45, 2.75) is 64.5 Å². The van der Waals surface area contributed by atoms with Crippen LogP contribution >= 0.6 is 0 Å². The summed E-state index contributed by atoms with van der Waals surface area (Å²) >= 11 is 0. The van der Waals surface area contributed by atoms with E-state index in [2.05, 4.69) is 23.4 Å². The van der Waals surface area contributed by atoms with E-state index >= 15 is 0 Å². The Bertz CT molecular complexity index is 445. The van der Waals surface area contributed by atoms with E-state index < -0.39 is 5.60 Å². The minimum absolute atomic E-state index is 0.190. The van der Waals surface area contributed by atoms with E-state index in [9.17, 15) is 4.79 Å². The number of nitrogens with zero attached hydrogens (tertiary/aromatic N) is 2. The summed E-state index contributed by atoms with van der Waals surface area (Å²) in [6.45, 7) is 5.29. The molecule has 1 fully saturated rings. The Morgan fingerprint density at radius 2 is 2.20 bits per heavy atom. The highest BCUT2D eigenvalue weighted by Crippen LogP contribution is 2.35. The fraction of sp³-hybridized carbons (Fsp3) is 0.750. The summed E-state index contributed by atoms with van der Waals surface area (Å²) in [5, 5.41) is 0. The van der Waals surface area contributed by atoms with Crippen LogP contribution in [-0.4, -0.2) is 28.0 Å². The SMILES string of the molecule is CCCn1ccnc1CC(=O)C1(OC)CCC(C)CC1. The molecular formula is C16H26N2O2. The minimum atomic E-state index is -0.574. The Balaban J connectivity index is 2.07. The third kappa shape index (κ3) is 3.11. The quantitative estimate of drug-likeness (QED) is 0.803. The highest BCUT2D eigenvalue weighted by atomic mass is 16.5. The van der Waals surface area contributed by atoms with Crippen LogP contribution in [0.25, 0.3) is 0 Å². The molecule has 0 saturated heterocycles. The van der Waals surface area contributed by atoms with Crippen molar-refractivity contribution in [1.82, 2.24) is 9.55 Å². The van der Waals surface area contributed by atoms with Crippen molar-refractivity contribution in [3.05, 3.63) is 18.2 Å². The molecule has 4 nitrogen and oxygen atoms in total. The molecule has 1 aromatic rings. The minimum Gasteiger partial charge on any atom is -0.370 e. The van der Waals surface area contributed by atoms with Gasteiger partial charge in [-0.15, -0.1) is 0 Å². The maximum absolute atomic E-state index is 12.7. The lowest BCUT2D eigenvalue weighted by atomic mass is 9.76. The molecule has 0 spiro atoms. The third-order valence-electron chi connectivity index (χ3n) is 4.57. The Labute approximate surface area is 121 Å². The topological polar surface area (TPSA) is 44.1 Å². The number of Topliss-reactive ketones (excluding diaryl/α,β-unsaturated/α-hetero) is 1. The third-order valence-corrected chi connectivity index (χ3v) is 4.57. The molecule has 1 aliphatic rings. The number of carbonyl (C=O) groups is 1. The fourth-order valence-electron chi connectivity index (χ4n) is 3.08. The van der Waals surface area contributed by atoms with Crippen molar-refractivity contribution in [3.63, 3.8) is 0 Å². The van der Waals surface area contributed by atoms with Gasteiger partial charge in [0.2, 0.25) is 0 Å². The maximum atomic E-state index is 12.7. The summed E-state index contributed by atoms with van der Waals surface area (Å²) in [6, 6.07) is 0. The average molecular weight is 278 g/mol. The lowest BCUT2D eigenvalue weighted by molar-refractivity contribution is -0.145. The van der Waals surface area contributed by atoms with E-state index in [1.807, 2.05) is 6.20 Å². The van der Waals surface area contributed by atoms with Crippen LogP contribution in [0, 0.1) is 5.92 Å². The second-order valence-electron chi connectivity index (χ2n) is 6.02. The molecule has 0 N–H and O–H groups in total. The molecule has 0 aromatic carbocycles. The Kier molecular flexibility index (Phi) is 4.97. The van der Waals surface area contributed by atoms with Crippen LogP contribution in [0.15, 0.2) is 12.4 Å². The standard InChI is InChI=1S/C16H26N2O2/c1-4-10-18-11-9-17-15(18)12-14(19)16(20-3)7-5-13(2)6-8-16/h9,11,13H,4-8,10,12H2,1-3H3. The van der Waals surface area contributed by atoms with E-state index in [0.717, 1.165) is 44.5 Å². The number of aryl methyl sites for hydroxylation is 1. The van der Waals surface area contributed by atoms with Gasteiger partial charge in [-0.1, -0.05) is 13.8 Å². The summed E-state index contributed by atoms with van der Waals surface area (Å²) < 4.78 is 7.73. The van der Waals surface area contributed by atoms with E-state index in [1.54, 1.807) is 13.3 Å². The van der Waals surface area contributed by atoms with Gasteiger partial charge in [-0.05, 0) is 38.0 Å². The first kappa shape index (κ1) is 15.2. The number of ketones is 1. The number of hydrogen-bond donors (Lipinski definition) is 0. The molecule has 0 atom stereocenters. The smallest absolute Gasteiger partial charge is 0.172 e. The number of aromatic nitrogens is 2. The van der Waals surface area contributed by atoms with E-state index in [1.165, 1.54) is 0 Å². The van der Waals surface area contributed by atoms with Gasteiger partial charge in [-0.3, -0.25) is 4.79 Å². The van der Waals surface area contributed by atoms with Gasteiger partial charge in [0, 0.05) is 26.0 Å². The predicted molar refractivity (Wildman–Crippen MR) is 78.6 cm³/mol. The van der Waals surface area contributed by atoms with Crippen LogP contribution in [0.4, 0.5) is 0 Å². The molecule has 4 heteroatoms. The average Bonchev–Trinajstić information content (AvgIpc) is 2.88. The Morgan fingerprint density at radius 3 is 2.80 bits per heavy atom. The van der Waals surface area contributed by atoms with Crippen molar-refractivity contribution >= 4 is 5.78 Å². The molecule has 2 rings (SSSR count). The highest BCUT2D eigenvalue weighted by Gasteiger charge is 2.41. The fourth-order valence-corrected chi connectivity index (χ4v) is 3.08.